The largest absolute Gasteiger partial charge is 0.337 e. The number of aromatic nitrogens is 2. The maximum atomic E-state index is 12.1. The number of anilines is 1. The van der Waals surface area contributed by atoms with Crippen molar-refractivity contribution >= 4 is 50.5 Å². The molecule has 2 aliphatic heterocycles. The minimum atomic E-state index is -3.42. The molecule has 5 rings (SSSR count). The smallest absolute Gasteiger partial charge is 0.232 e. The standard InChI is InChI=1S/C23H25Cl2N5O3S/c1-27(34(2,32)33)16-4-7-21-26-23(18-6-3-15(24)11-19(18)25)20(30(21)13-16)14-28-9-10-29-17(12-28)5-8-22(29)31/h3-4,6-7,11,13,17H,5,8-10,12,14H2,1-2H3. The van der Waals surface area contributed by atoms with E-state index in [-0.39, 0.29) is 11.9 Å². The van der Waals surface area contributed by atoms with E-state index in [9.17, 15) is 13.2 Å². The molecule has 4 heterocycles. The Morgan fingerprint density at radius 2 is 1.97 bits per heavy atom. The van der Waals surface area contributed by atoms with Crippen molar-refractivity contribution in [3.8, 4) is 11.3 Å². The third-order valence-electron chi connectivity index (χ3n) is 6.70. The highest BCUT2D eigenvalue weighted by atomic mass is 35.5. The summed E-state index contributed by atoms with van der Waals surface area (Å²) in [5, 5.41) is 1.04. The van der Waals surface area contributed by atoms with E-state index in [0.717, 1.165) is 36.5 Å². The molecule has 0 saturated carbocycles. The third kappa shape index (κ3) is 4.26. The summed E-state index contributed by atoms with van der Waals surface area (Å²) >= 11 is 12.7. The van der Waals surface area contributed by atoms with E-state index in [2.05, 4.69) is 4.90 Å². The topological polar surface area (TPSA) is 78.2 Å². The number of hydrogen-bond acceptors (Lipinski definition) is 5. The summed E-state index contributed by atoms with van der Waals surface area (Å²) in [6, 6.07) is 9.10. The highest BCUT2D eigenvalue weighted by Crippen LogP contribution is 2.34. The molecule has 2 aromatic heterocycles. The molecule has 180 valence electrons. The van der Waals surface area contributed by atoms with Crippen LogP contribution >= 0.6 is 23.2 Å². The Labute approximate surface area is 208 Å². The van der Waals surface area contributed by atoms with Crippen LogP contribution in [0.3, 0.4) is 0 Å². The molecule has 8 nitrogen and oxygen atoms in total. The van der Waals surface area contributed by atoms with Crippen LogP contribution in [0.25, 0.3) is 16.9 Å². The highest BCUT2D eigenvalue weighted by molar-refractivity contribution is 7.92. The lowest BCUT2D eigenvalue weighted by Crippen LogP contribution is -2.51. The van der Waals surface area contributed by atoms with Crippen molar-refractivity contribution in [2.24, 2.45) is 0 Å². The lowest BCUT2D eigenvalue weighted by atomic mass is 10.1. The summed E-state index contributed by atoms with van der Waals surface area (Å²) < 4.78 is 27.4. The first-order chi connectivity index (χ1) is 16.1. The summed E-state index contributed by atoms with van der Waals surface area (Å²) in [4.78, 5) is 21.3. The summed E-state index contributed by atoms with van der Waals surface area (Å²) in [7, 11) is -1.89. The average molecular weight is 522 g/mol. The Hall–Kier alpha value is -2.33. The molecular weight excluding hydrogens is 497 g/mol. The molecule has 0 N–H and O–H groups in total. The Kier molecular flexibility index (Phi) is 6.00. The molecule has 1 aromatic carbocycles. The number of carbonyl (C=O) groups is 1. The van der Waals surface area contributed by atoms with Gasteiger partial charge in [0.15, 0.2) is 0 Å². The van der Waals surface area contributed by atoms with Gasteiger partial charge in [0, 0.05) is 62.5 Å². The first-order valence-electron chi connectivity index (χ1n) is 11.0. The lowest BCUT2D eigenvalue weighted by molar-refractivity contribution is -0.130. The number of pyridine rings is 1. The molecule has 0 aliphatic carbocycles. The fourth-order valence-electron chi connectivity index (χ4n) is 4.79. The minimum Gasteiger partial charge on any atom is -0.337 e. The Bertz CT molecular complexity index is 1390. The number of sulfonamides is 1. The summed E-state index contributed by atoms with van der Waals surface area (Å²) in [5.74, 6) is 0.238. The van der Waals surface area contributed by atoms with Crippen LogP contribution in [0, 0.1) is 0 Å². The van der Waals surface area contributed by atoms with Crippen molar-refractivity contribution in [2.45, 2.75) is 25.4 Å². The Morgan fingerprint density at radius 1 is 1.18 bits per heavy atom. The first kappa shape index (κ1) is 23.4. The van der Waals surface area contributed by atoms with E-state index in [1.807, 2.05) is 15.4 Å². The molecule has 1 amide bonds. The number of amides is 1. The summed E-state index contributed by atoms with van der Waals surface area (Å²) in [6.45, 7) is 2.83. The predicted molar refractivity (Wildman–Crippen MR) is 134 cm³/mol. The van der Waals surface area contributed by atoms with Crippen LogP contribution in [0.5, 0.6) is 0 Å². The van der Waals surface area contributed by atoms with Gasteiger partial charge in [-0.2, -0.15) is 0 Å². The second-order valence-electron chi connectivity index (χ2n) is 8.89. The highest BCUT2D eigenvalue weighted by Gasteiger charge is 2.36. The average Bonchev–Trinajstić information content (AvgIpc) is 3.32. The number of piperazine rings is 1. The van der Waals surface area contributed by atoms with E-state index in [1.54, 1.807) is 30.5 Å². The molecule has 2 aliphatic rings. The molecule has 0 radical (unpaired) electrons. The van der Waals surface area contributed by atoms with Crippen molar-refractivity contribution in [2.75, 3.05) is 37.2 Å². The van der Waals surface area contributed by atoms with Crippen molar-refractivity contribution in [1.82, 2.24) is 19.2 Å². The molecule has 1 atom stereocenters. The van der Waals surface area contributed by atoms with Crippen LogP contribution in [0.15, 0.2) is 36.5 Å². The maximum absolute atomic E-state index is 12.1. The van der Waals surface area contributed by atoms with E-state index >= 15 is 0 Å². The minimum absolute atomic E-state index is 0.231. The predicted octanol–water partition coefficient (Wildman–Crippen LogP) is 3.51. The zero-order chi connectivity index (χ0) is 24.2. The number of imidazole rings is 1. The first-order valence-corrected chi connectivity index (χ1v) is 13.6. The summed E-state index contributed by atoms with van der Waals surface area (Å²) in [6.07, 6.45) is 4.46. The van der Waals surface area contributed by atoms with Gasteiger partial charge in [0.2, 0.25) is 15.9 Å². The van der Waals surface area contributed by atoms with Crippen molar-refractivity contribution in [1.29, 1.82) is 0 Å². The van der Waals surface area contributed by atoms with Crippen LogP contribution in [0.4, 0.5) is 5.69 Å². The molecule has 1 unspecified atom stereocenters. The summed E-state index contributed by atoms with van der Waals surface area (Å²) in [5.41, 5.74) is 3.62. The van der Waals surface area contributed by atoms with E-state index in [0.29, 0.717) is 40.9 Å². The molecule has 0 spiro atoms. The normalized spacial score (nSPS) is 19.1. The molecule has 2 saturated heterocycles. The van der Waals surface area contributed by atoms with Crippen LogP contribution in [-0.2, 0) is 21.4 Å². The van der Waals surface area contributed by atoms with E-state index < -0.39 is 10.0 Å². The Balaban J connectivity index is 1.59. The monoisotopic (exact) mass is 521 g/mol. The molecule has 0 bridgehead atoms. The molecule has 34 heavy (non-hydrogen) atoms. The lowest BCUT2D eigenvalue weighted by Gasteiger charge is -2.37. The fraction of sp³-hybridized carbons (Fsp3) is 0.391. The quantitative estimate of drug-likeness (QED) is 0.513. The SMILES string of the molecule is CN(c1ccc2nc(-c3ccc(Cl)cc3Cl)c(CN3CCN4C(=O)CCC4C3)n2c1)S(C)(=O)=O. The van der Waals surface area contributed by atoms with Gasteiger partial charge in [0.05, 0.1) is 28.4 Å². The number of hydrogen-bond donors (Lipinski definition) is 0. The van der Waals surface area contributed by atoms with Gasteiger partial charge >= 0.3 is 0 Å². The van der Waals surface area contributed by atoms with Gasteiger partial charge in [-0.25, -0.2) is 13.4 Å². The number of carbonyl (C=O) groups excluding carboxylic acids is 1. The molecular formula is C23H25Cl2N5O3S. The zero-order valence-electron chi connectivity index (χ0n) is 18.9. The number of halogens is 2. The van der Waals surface area contributed by atoms with Crippen LogP contribution < -0.4 is 4.31 Å². The zero-order valence-corrected chi connectivity index (χ0v) is 21.2. The third-order valence-corrected chi connectivity index (χ3v) is 8.45. The molecule has 3 aromatic rings. The van der Waals surface area contributed by atoms with Crippen molar-refractivity contribution < 1.29 is 13.2 Å². The van der Waals surface area contributed by atoms with Gasteiger partial charge in [-0.1, -0.05) is 23.2 Å². The fourth-order valence-corrected chi connectivity index (χ4v) is 5.78. The maximum Gasteiger partial charge on any atom is 0.232 e. The second kappa shape index (κ2) is 8.71. The van der Waals surface area contributed by atoms with Crippen LogP contribution in [-0.4, -0.2) is 72.5 Å². The van der Waals surface area contributed by atoms with Gasteiger partial charge in [-0.15, -0.1) is 0 Å². The van der Waals surface area contributed by atoms with Gasteiger partial charge in [-0.05, 0) is 36.8 Å². The van der Waals surface area contributed by atoms with Gasteiger partial charge in [0.25, 0.3) is 0 Å². The van der Waals surface area contributed by atoms with Gasteiger partial charge in [-0.3, -0.25) is 18.4 Å². The number of rotatable bonds is 5. The number of fused-ring (bicyclic) bond motifs is 2. The van der Waals surface area contributed by atoms with Crippen molar-refractivity contribution in [3.05, 3.63) is 52.3 Å². The van der Waals surface area contributed by atoms with Crippen LogP contribution in [0.1, 0.15) is 18.5 Å². The number of benzene rings is 1. The second-order valence-corrected chi connectivity index (χ2v) is 11.7. The van der Waals surface area contributed by atoms with Crippen LogP contribution in [0.2, 0.25) is 10.0 Å². The van der Waals surface area contributed by atoms with Crippen molar-refractivity contribution in [3.63, 3.8) is 0 Å². The number of nitrogens with zero attached hydrogens (tertiary/aromatic N) is 5. The van der Waals surface area contributed by atoms with E-state index in [4.69, 9.17) is 28.2 Å². The Morgan fingerprint density at radius 3 is 2.71 bits per heavy atom. The molecule has 11 heteroatoms. The van der Waals surface area contributed by atoms with E-state index in [1.165, 1.54) is 17.6 Å². The van der Waals surface area contributed by atoms with Gasteiger partial charge in [0.1, 0.15) is 5.65 Å². The molecule has 2 fully saturated rings. The van der Waals surface area contributed by atoms with Gasteiger partial charge < -0.3 is 4.90 Å².